The van der Waals surface area contributed by atoms with Crippen LogP contribution in [0.2, 0.25) is 0 Å². The molecule has 2 heterocycles. The SMILES string of the molecule is CCOC(=O)C1=C(C)Nc2nc(-c3ccccc3)nn2[C@@H]1c1cccc([N+](=O)[O-])c1. The number of nitrogens with one attached hydrogen (secondary N) is 1. The molecule has 152 valence electrons. The molecule has 1 aromatic heterocycles. The normalized spacial score (nSPS) is 15.3. The number of non-ortho nitro benzene ring substituents is 1. The van der Waals surface area contributed by atoms with Crippen LogP contribution < -0.4 is 5.32 Å². The van der Waals surface area contributed by atoms with Gasteiger partial charge in [0.2, 0.25) is 5.95 Å². The van der Waals surface area contributed by atoms with Gasteiger partial charge in [-0.2, -0.15) is 4.98 Å². The maximum absolute atomic E-state index is 12.8. The second-order valence-corrected chi connectivity index (χ2v) is 6.71. The van der Waals surface area contributed by atoms with Gasteiger partial charge in [0.1, 0.15) is 6.04 Å². The summed E-state index contributed by atoms with van der Waals surface area (Å²) in [7, 11) is 0. The molecule has 0 aliphatic carbocycles. The highest BCUT2D eigenvalue weighted by Gasteiger charge is 2.35. The van der Waals surface area contributed by atoms with E-state index in [1.54, 1.807) is 30.7 Å². The molecular formula is C21H19N5O4. The van der Waals surface area contributed by atoms with Crippen molar-refractivity contribution in [3.8, 4) is 11.4 Å². The second kappa shape index (κ2) is 7.78. The van der Waals surface area contributed by atoms with Crippen LogP contribution in [0.4, 0.5) is 11.6 Å². The Morgan fingerprint density at radius 3 is 2.70 bits per heavy atom. The lowest BCUT2D eigenvalue weighted by molar-refractivity contribution is -0.384. The van der Waals surface area contributed by atoms with Crippen molar-refractivity contribution < 1.29 is 14.5 Å². The highest BCUT2D eigenvalue weighted by atomic mass is 16.6. The van der Waals surface area contributed by atoms with E-state index in [2.05, 4.69) is 15.4 Å². The molecule has 2 aromatic carbocycles. The van der Waals surface area contributed by atoms with Crippen molar-refractivity contribution in [1.29, 1.82) is 0 Å². The number of esters is 1. The van der Waals surface area contributed by atoms with Crippen LogP contribution >= 0.6 is 0 Å². The summed E-state index contributed by atoms with van der Waals surface area (Å²) in [6.07, 6.45) is 0. The zero-order chi connectivity index (χ0) is 21.3. The van der Waals surface area contributed by atoms with Crippen LogP contribution in [-0.2, 0) is 9.53 Å². The van der Waals surface area contributed by atoms with Crippen molar-refractivity contribution in [2.75, 3.05) is 11.9 Å². The molecule has 30 heavy (non-hydrogen) atoms. The Hall–Kier alpha value is -4.01. The van der Waals surface area contributed by atoms with Gasteiger partial charge in [0, 0.05) is 23.4 Å². The van der Waals surface area contributed by atoms with E-state index in [-0.39, 0.29) is 12.3 Å². The molecule has 9 heteroatoms. The average molecular weight is 405 g/mol. The van der Waals surface area contributed by atoms with E-state index in [9.17, 15) is 14.9 Å². The number of allylic oxidation sites excluding steroid dienone is 1. The zero-order valence-corrected chi connectivity index (χ0v) is 16.4. The fourth-order valence-electron chi connectivity index (χ4n) is 3.45. The molecule has 0 radical (unpaired) electrons. The van der Waals surface area contributed by atoms with Gasteiger partial charge in [-0.3, -0.25) is 10.1 Å². The van der Waals surface area contributed by atoms with Gasteiger partial charge in [-0.25, -0.2) is 9.48 Å². The summed E-state index contributed by atoms with van der Waals surface area (Å²) in [5.41, 5.74) is 2.17. The smallest absolute Gasteiger partial charge is 0.338 e. The average Bonchev–Trinajstić information content (AvgIpc) is 3.17. The minimum absolute atomic E-state index is 0.0724. The van der Waals surface area contributed by atoms with Crippen molar-refractivity contribution in [2.45, 2.75) is 19.9 Å². The van der Waals surface area contributed by atoms with Gasteiger partial charge in [-0.15, -0.1) is 5.10 Å². The number of carbonyl (C=O) groups is 1. The molecule has 4 rings (SSSR count). The third-order valence-electron chi connectivity index (χ3n) is 4.78. The summed E-state index contributed by atoms with van der Waals surface area (Å²) < 4.78 is 6.83. The molecule has 0 saturated heterocycles. The number of fused-ring (bicyclic) bond motifs is 1. The second-order valence-electron chi connectivity index (χ2n) is 6.71. The number of hydrogen-bond acceptors (Lipinski definition) is 7. The number of nitrogens with zero attached hydrogens (tertiary/aromatic N) is 4. The highest BCUT2D eigenvalue weighted by molar-refractivity contribution is 5.92. The summed E-state index contributed by atoms with van der Waals surface area (Å²) in [4.78, 5) is 28.2. The molecule has 1 aliphatic rings. The number of carbonyl (C=O) groups excluding carboxylic acids is 1. The van der Waals surface area contributed by atoms with E-state index < -0.39 is 16.9 Å². The highest BCUT2D eigenvalue weighted by Crippen LogP contribution is 2.37. The lowest BCUT2D eigenvalue weighted by Gasteiger charge is -2.28. The Labute approximate surface area is 172 Å². The summed E-state index contributed by atoms with van der Waals surface area (Å²) >= 11 is 0. The van der Waals surface area contributed by atoms with Crippen molar-refractivity contribution in [2.24, 2.45) is 0 Å². The number of aromatic nitrogens is 3. The maximum Gasteiger partial charge on any atom is 0.338 e. The van der Waals surface area contributed by atoms with Crippen LogP contribution in [0.25, 0.3) is 11.4 Å². The summed E-state index contributed by atoms with van der Waals surface area (Å²) in [6.45, 7) is 3.68. The number of benzene rings is 2. The van der Waals surface area contributed by atoms with Gasteiger partial charge < -0.3 is 10.1 Å². The molecular weight excluding hydrogens is 386 g/mol. The maximum atomic E-state index is 12.8. The van der Waals surface area contributed by atoms with Crippen LogP contribution in [0.1, 0.15) is 25.5 Å². The van der Waals surface area contributed by atoms with Crippen LogP contribution in [0.5, 0.6) is 0 Å². The molecule has 0 spiro atoms. The number of nitro benzene ring substituents is 1. The number of nitro groups is 1. The molecule has 0 unspecified atom stereocenters. The van der Waals surface area contributed by atoms with Crippen molar-refractivity contribution in [3.05, 3.63) is 81.5 Å². The number of hydrogen-bond donors (Lipinski definition) is 1. The van der Waals surface area contributed by atoms with Gasteiger partial charge in [0.05, 0.1) is 17.1 Å². The van der Waals surface area contributed by atoms with E-state index in [0.717, 1.165) is 5.56 Å². The minimum atomic E-state index is -0.717. The number of anilines is 1. The first-order valence-electron chi connectivity index (χ1n) is 9.40. The number of ether oxygens (including phenoxy) is 1. The molecule has 0 bridgehead atoms. The fourth-order valence-corrected chi connectivity index (χ4v) is 3.45. The number of rotatable bonds is 5. The Balaban J connectivity index is 1.89. The molecule has 0 fully saturated rings. The van der Waals surface area contributed by atoms with E-state index >= 15 is 0 Å². The molecule has 1 N–H and O–H groups in total. The van der Waals surface area contributed by atoms with Crippen LogP contribution in [-0.4, -0.2) is 32.3 Å². The van der Waals surface area contributed by atoms with Crippen molar-refractivity contribution >= 4 is 17.6 Å². The lowest BCUT2D eigenvalue weighted by Crippen LogP contribution is -2.29. The van der Waals surface area contributed by atoms with Crippen molar-refractivity contribution in [1.82, 2.24) is 14.8 Å². The first kappa shape index (κ1) is 19.3. The lowest BCUT2D eigenvalue weighted by atomic mass is 9.95. The molecule has 9 nitrogen and oxygen atoms in total. The topological polar surface area (TPSA) is 112 Å². The first-order chi connectivity index (χ1) is 14.5. The monoisotopic (exact) mass is 405 g/mol. The van der Waals surface area contributed by atoms with Gasteiger partial charge in [0.25, 0.3) is 5.69 Å². The standard InChI is InChI=1S/C21H19N5O4/c1-3-30-20(27)17-13(2)22-21-23-19(14-8-5-4-6-9-14)24-25(21)18(17)15-10-7-11-16(12-15)26(28)29/h4-12,18H,3H2,1-2H3,(H,22,23,24)/t18-/m1/s1. The van der Waals surface area contributed by atoms with Crippen LogP contribution in [0.3, 0.4) is 0 Å². The summed E-state index contributed by atoms with van der Waals surface area (Å²) in [5.74, 6) is 0.406. The minimum Gasteiger partial charge on any atom is -0.463 e. The third-order valence-corrected chi connectivity index (χ3v) is 4.78. The fraction of sp³-hybridized carbons (Fsp3) is 0.190. The molecule has 0 saturated carbocycles. The predicted octanol–water partition coefficient (Wildman–Crippen LogP) is 3.71. The van der Waals surface area contributed by atoms with Gasteiger partial charge in [-0.1, -0.05) is 42.5 Å². The van der Waals surface area contributed by atoms with E-state index in [1.807, 2.05) is 30.3 Å². The van der Waals surface area contributed by atoms with Gasteiger partial charge >= 0.3 is 5.97 Å². The Bertz CT molecular complexity index is 1150. The van der Waals surface area contributed by atoms with E-state index in [1.165, 1.54) is 12.1 Å². The molecule has 0 amide bonds. The molecule has 3 aromatic rings. The third kappa shape index (κ3) is 3.41. The van der Waals surface area contributed by atoms with Crippen LogP contribution in [0, 0.1) is 10.1 Å². The summed E-state index contributed by atoms with van der Waals surface area (Å²) in [6, 6.07) is 14.9. The molecule has 1 aliphatic heterocycles. The Morgan fingerprint density at radius 2 is 2.00 bits per heavy atom. The predicted molar refractivity (Wildman–Crippen MR) is 110 cm³/mol. The molecule has 1 atom stereocenters. The largest absolute Gasteiger partial charge is 0.463 e. The van der Waals surface area contributed by atoms with E-state index in [4.69, 9.17) is 4.74 Å². The van der Waals surface area contributed by atoms with Gasteiger partial charge in [0.15, 0.2) is 5.82 Å². The zero-order valence-electron chi connectivity index (χ0n) is 16.4. The van der Waals surface area contributed by atoms with Crippen molar-refractivity contribution in [3.63, 3.8) is 0 Å². The summed E-state index contributed by atoms with van der Waals surface area (Å²) in [5, 5.41) is 19.0. The van der Waals surface area contributed by atoms with Crippen LogP contribution in [0.15, 0.2) is 65.9 Å². The Morgan fingerprint density at radius 1 is 1.23 bits per heavy atom. The quantitative estimate of drug-likeness (QED) is 0.391. The first-order valence-corrected chi connectivity index (χ1v) is 9.40. The van der Waals surface area contributed by atoms with Gasteiger partial charge in [-0.05, 0) is 19.4 Å². The van der Waals surface area contributed by atoms with E-state index in [0.29, 0.717) is 28.6 Å². The Kier molecular flexibility index (Phi) is 5.01.